The number of hydrogen-bond donors (Lipinski definition) is 2. The second-order valence-electron chi connectivity index (χ2n) is 4.33. The molecule has 1 fully saturated rings. The van der Waals surface area contributed by atoms with Gasteiger partial charge in [-0.25, -0.2) is 0 Å². The molecule has 1 heterocycles. The minimum absolute atomic E-state index is 0.0273. The van der Waals surface area contributed by atoms with Crippen LogP contribution in [0.2, 0.25) is 0 Å². The van der Waals surface area contributed by atoms with Crippen LogP contribution < -0.4 is 5.32 Å². The van der Waals surface area contributed by atoms with Gasteiger partial charge in [0.15, 0.2) is 0 Å². The Morgan fingerprint density at radius 2 is 2.06 bits per heavy atom. The first-order valence-electron chi connectivity index (χ1n) is 5.96. The highest BCUT2D eigenvalue weighted by Crippen LogP contribution is 2.08. The normalized spacial score (nSPS) is 18.7. The van der Waals surface area contributed by atoms with Crippen molar-refractivity contribution in [3.05, 3.63) is 35.9 Å². The Morgan fingerprint density at radius 3 is 2.67 bits per heavy atom. The fourth-order valence-corrected chi connectivity index (χ4v) is 1.93. The second-order valence-corrected chi connectivity index (χ2v) is 4.33. The smallest absolute Gasteiger partial charge is 0.251 e. The molecule has 96 valence electrons. The SMILES string of the molecule is O=C(NCC(=O)N1CC[C@@H](O)C1)c1ccccc1. The first-order chi connectivity index (χ1) is 8.66. The van der Waals surface area contributed by atoms with Crippen molar-refractivity contribution in [1.82, 2.24) is 10.2 Å². The summed E-state index contributed by atoms with van der Waals surface area (Å²) in [5.41, 5.74) is 0.534. The van der Waals surface area contributed by atoms with Crippen molar-refractivity contribution in [2.45, 2.75) is 12.5 Å². The van der Waals surface area contributed by atoms with Crippen LogP contribution in [0.15, 0.2) is 30.3 Å². The zero-order valence-corrected chi connectivity index (χ0v) is 10.0. The van der Waals surface area contributed by atoms with Crippen LogP contribution in [0.1, 0.15) is 16.8 Å². The van der Waals surface area contributed by atoms with E-state index in [1.165, 1.54) is 0 Å². The third kappa shape index (κ3) is 3.07. The van der Waals surface area contributed by atoms with Gasteiger partial charge in [-0.3, -0.25) is 9.59 Å². The van der Waals surface area contributed by atoms with E-state index in [1.54, 1.807) is 29.2 Å². The van der Waals surface area contributed by atoms with Crippen molar-refractivity contribution in [3.63, 3.8) is 0 Å². The quantitative estimate of drug-likeness (QED) is 0.791. The van der Waals surface area contributed by atoms with E-state index in [2.05, 4.69) is 5.32 Å². The van der Waals surface area contributed by atoms with Gasteiger partial charge >= 0.3 is 0 Å². The van der Waals surface area contributed by atoms with Crippen LogP contribution in [-0.4, -0.2) is 47.6 Å². The Hall–Kier alpha value is -1.88. The molecular formula is C13H16N2O3. The Labute approximate surface area is 105 Å². The molecule has 1 aliphatic heterocycles. The van der Waals surface area contributed by atoms with Gasteiger partial charge in [0.2, 0.25) is 5.91 Å². The number of aliphatic hydroxyl groups excluding tert-OH is 1. The molecule has 1 atom stereocenters. The number of nitrogens with zero attached hydrogens (tertiary/aromatic N) is 1. The summed E-state index contributed by atoms with van der Waals surface area (Å²) in [5, 5.41) is 11.9. The van der Waals surface area contributed by atoms with Gasteiger partial charge < -0.3 is 15.3 Å². The van der Waals surface area contributed by atoms with Crippen LogP contribution in [0.5, 0.6) is 0 Å². The lowest BCUT2D eigenvalue weighted by Gasteiger charge is -2.15. The number of aliphatic hydroxyl groups is 1. The minimum atomic E-state index is -0.432. The van der Waals surface area contributed by atoms with Gasteiger partial charge in [0.1, 0.15) is 0 Å². The number of hydrogen-bond acceptors (Lipinski definition) is 3. The summed E-state index contributed by atoms with van der Waals surface area (Å²) in [6.45, 7) is 0.891. The zero-order chi connectivity index (χ0) is 13.0. The molecule has 1 aromatic rings. The standard InChI is InChI=1S/C13H16N2O3/c16-11-6-7-15(9-11)12(17)8-14-13(18)10-4-2-1-3-5-10/h1-5,11,16H,6-9H2,(H,14,18)/t11-/m1/s1. The molecule has 0 saturated carbocycles. The van der Waals surface area contributed by atoms with Crippen LogP contribution in [-0.2, 0) is 4.79 Å². The number of β-amino-alcohol motifs (C(OH)–C–C–N with tert-alkyl or cyclic N) is 1. The number of carbonyl (C=O) groups excluding carboxylic acids is 2. The molecule has 0 bridgehead atoms. The lowest BCUT2D eigenvalue weighted by Crippen LogP contribution is -2.39. The molecule has 0 aromatic heterocycles. The zero-order valence-electron chi connectivity index (χ0n) is 10.0. The maximum absolute atomic E-state index is 11.7. The van der Waals surface area contributed by atoms with E-state index in [-0.39, 0.29) is 18.4 Å². The predicted octanol–water partition coefficient (Wildman–Crippen LogP) is 0.00960. The fourth-order valence-electron chi connectivity index (χ4n) is 1.93. The maximum Gasteiger partial charge on any atom is 0.251 e. The average Bonchev–Trinajstić information content (AvgIpc) is 2.83. The third-order valence-electron chi connectivity index (χ3n) is 2.95. The number of benzene rings is 1. The molecule has 0 aliphatic carbocycles. The topological polar surface area (TPSA) is 69.6 Å². The molecule has 2 amide bonds. The van der Waals surface area contributed by atoms with E-state index in [0.29, 0.717) is 25.1 Å². The van der Waals surface area contributed by atoms with E-state index in [1.807, 2.05) is 6.07 Å². The van der Waals surface area contributed by atoms with Gasteiger partial charge in [-0.2, -0.15) is 0 Å². The van der Waals surface area contributed by atoms with Crippen molar-refractivity contribution in [3.8, 4) is 0 Å². The average molecular weight is 248 g/mol. The number of rotatable bonds is 3. The summed E-state index contributed by atoms with van der Waals surface area (Å²) in [5.74, 6) is -0.417. The Balaban J connectivity index is 1.81. The molecule has 5 nitrogen and oxygen atoms in total. The van der Waals surface area contributed by atoms with Crippen LogP contribution in [0, 0.1) is 0 Å². The predicted molar refractivity (Wildman–Crippen MR) is 66.0 cm³/mol. The second kappa shape index (κ2) is 5.64. The van der Waals surface area contributed by atoms with E-state index in [0.717, 1.165) is 0 Å². The Kier molecular flexibility index (Phi) is 3.94. The maximum atomic E-state index is 11.7. The summed E-state index contributed by atoms with van der Waals surface area (Å²) < 4.78 is 0. The minimum Gasteiger partial charge on any atom is -0.391 e. The highest BCUT2D eigenvalue weighted by Gasteiger charge is 2.24. The van der Waals surface area contributed by atoms with Gasteiger partial charge in [0.05, 0.1) is 12.6 Å². The van der Waals surface area contributed by atoms with E-state index in [9.17, 15) is 14.7 Å². The molecule has 2 N–H and O–H groups in total. The number of amides is 2. The van der Waals surface area contributed by atoms with Gasteiger partial charge in [-0.15, -0.1) is 0 Å². The van der Waals surface area contributed by atoms with E-state index < -0.39 is 6.10 Å². The lowest BCUT2D eigenvalue weighted by atomic mass is 10.2. The molecule has 0 radical (unpaired) electrons. The molecule has 5 heteroatoms. The van der Waals surface area contributed by atoms with Crippen LogP contribution in [0.3, 0.4) is 0 Å². The highest BCUT2D eigenvalue weighted by atomic mass is 16.3. The molecule has 1 aromatic carbocycles. The van der Waals surface area contributed by atoms with Crippen LogP contribution in [0.4, 0.5) is 0 Å². The Bertz CT molecular complexity index is 433. The van der Waals surface area contributed by atoms with Crippen LogP contribution in [0.25, 0.3) is 0 Å². The van der Waals surface area contributed by atoms with Gasteiger partial charge in [-0.05, 0) is 18.6 Å². The van der Waals surface area contributed by atoms with Crippen molar-refractivity contribution in [1.29, 1.82) is 0 Å². The van der Waals surface area contributed by atoms with Crippen molar-refractivity contribution in [2.75, 3.05) is 19.6 Å². The number of likely N-dealkylation sites (tertiary alicyclic amines) is 1. The molecule has 1 aliphatic rings. The molecule has 1 saturated heterocycles. The summed E-state index contributed by atoms with van der Waals surface area (Å²) in [7, 11) is 0. The highest BCUT2D eigenvalue weighted by molar-refractivity contribution is 5.96. The van der Waals surface area contributed by atoms with Gasteiger partial charge in [0, 0.05) is 18.7 Å². The first kappa shape index (κ1) is 12.6. The van der Waals surface area contributed by atoms with Crippen LogP contribution >= 0.6 is 0 Å². The van der Waals surface area contributed by atoms with E-state index in [4.69, 9.17) is 0 Å². The summed E-state index contributed by atoms with van der Waals surface area (Å²) in [6, 6.07) is 8.76. The molecule has 2 rings (SSSR count). The third-order valence-corrected chi connectivity index (χ3v) is 2.95. The van der Waals surface area contributed by atoms with Crippen molar-refractivity contribution >= 4 is 11.8 Å². The number of nitrogens with one attached hydrogen (secondary N) is 1. The molecule has 0 unspecified atom stereocenters. The summed E-state index contributed by atoms with van der Waals surface area (Å²) in [4.78, 5) is 25.0. The summed E-state index contributed by atoms with van der Waals surface area (Å²) >= 11 is 0. The van der Waals surface area contributed by atoms with Crippen molar-refractivity contribution in [2.24, 2.45) is 0 Å². The number of carbonyl (C=O) groups is 2. The Morgan fingerprint density at radius 1 is 1.33 bits per heavy atom. The largest absolute Gasteiger partial charge is 0.391 e. The van der Waals surface area contributed by atoms with Gasteiger partial charge in [-0.1, -0.05) is 18.2 Å². The molecule has 0 spiro atoms. The molecule has 18 heavy (non-hydrogen) atoms. The van der Waals surface area contributed by atoms with E-state index >= 15 is 0 Å². The first-order valence-corrected chi connectivity index (χ1v) is 5.96. The van der Waals surface area contributed by atoms with Crippen molar-refractivity contribution < 1.29 is 14.7 Å². The monoisotopic (exact) mass is 248 g/mol. The molecular weight excluding hydrogens is 232 g/mol. The lowest BCUT2D eigenvalue weighted by molar-refractivity contribution is -0.129. The summed E-state index contributed by atoms with van der Waals surface area (Å²) in [6.07, 6.45) is 0.178. The fraction of sp³-hybridized carbons (Fsp3) is 0.385. The van der Waals surface area contributed by atoms with Gasteiger partial charge in [0.25, 0.3) is 5.91 Å².